The number of furan rings is 1. The summed E-state index contributed by atoms with van der Waals surface area (Å²) in [6, 6.07) is 20.2. The number of fused-ring (bicyclic) bond motifs is 7. The number of aryl methyl sites for hydroxylation is 1. The summed E-state index contributed by atoms with van der Waals surface area (Å²) in [6.45, 7) is 18.1. The molecule has 0 radical (unpaired) electrons. The summed E-state index contributed by atoms with van der Waals surface area (Å²) in [5, 5.41) is 2.34. The van der Waals surface area contributed by atoms with Gasteiger partial charge in [0.25, 0.3) is 0 Å². The number of rotatable bonds is 4. The molecule has 3 aromatic heterocycles. The van der Waals surface area contributed by atoms with E-state index in [-0.39, 0.29) is 5.41 Å². The van der Waals surface area contributed by atoms with E-state index in [1.807, 2.05) is 6.20 Å². The van der Waals surface area contributed by atoms with Gasteiger partial charge in [0.05, 0.1) is 28.0 Å². The first-order valence-corrected chi connectivity index (χ1v) is 17.4. The fourth-order valence-electron chi connectivity index (χ4n) is 8.16. The topological polar surface area (TPSA) is 43.9 Å². The summed E-state index contributed by atoms with van der Waals surface area (Å²) in [5.74, 6) is 2.53. The first kappa shape index (κ1) is 29.9. The van der Waals surface area contributed by atoms with Crippen LogP contribution in [0.15, 0.2) is 89.0 Å². The smallest absolute Gasteiger partial charge is 0.149 e. The SMILES string of the molecule is CC1=CC2CCc3cc4c(cc3C2C=C1)oc1c(-c2nc3ccnc(C(C)(C)C)c3n2-c2c(C(C)C)cccc2C(C)C)cccc14. The zero-order valence-electron chi connectivity index (χ0n) is 29.0. The maximum Gasteiger partial charge on any atom is 0.149 e. The zero-order valence-corrected chi connectivity index (χ0v) is 29.0. The number of benzene rings is 3. The van der Waals surface area contributed by atoms with Crippen molar-refractivity contribution in [2.24, 2.45) is 5.92 Å². The predicted molar refractivity (Wildman–Crippen MR) is 196 cm³/mol. The van der Waals surface area contributed by atoms with Crippen LogP contribution in [-0.2, 0) is 11.8 Å². The number of aromatic nitrogens is 3. The van der Waals surface area contributed by atoms with Crippen molar-refractivity contribution in [3.8, 4) is 17.1 Å². The van der Waals surface area contributed by atoms with Crippen molar-refractivity contribution in [1.29, 1.82) is 0 Å². The largest absolute Gasteiger partial charge is 0.455 e. The fourth-order valence-corrected chi connectivity index (χ4v) is 8.16. The molecule has 4 nitrogen and oxygen atoms in total. The van der Waals surface area contributed by atoms with E-state index in [2.05, 4.69) is 133 Å². The normalized spacial score (nSPS) is 18.0. The maximum atomic E-state index is 6.94. The van der Waals surface area contributed by atoms with Crippen LogP contribution in [0.25, 0.3) is 50.0 Å². The molecule has 0 amide bonds. The van der Waals surface area contributed by atoms with Gasteiger partial charge in [-0.15, -0.1) is 0 Å². The van der Waals surface area contributed by atoms with Crippen molar-refractivity contribution < 1.29 is 4.42 Å². The maximum absolute atomic E-state index is 6.94. The van der Waals surface area contributed by atoms with Crippen LogP contribution in [0.4, 0.5) is 0 Å². The van der Waals surface area contributed by atoms with Crippen LogP contribution in [0.2, 0.25) is 0 Å². The molecule has 0 saturated carbocycles. The molecule has 0 saturated heterocycles. The Morgan fingerprint density at radius 1 is 0.915 bits per heavy atom. The Kier molecular flexibility index (Phi) is 6.88. The molecule has 3 aromatic carbocycles. The summed E-state index contributed by atoms with van der Waals surface area (Å²) in [7, 11) is 0. The van der Waals surface area contributed by atoms with E-state index >= 15 is 0 Å². The highest BCUT2D eigenvalue weighted by Gasteiger charge is 2.31. The van der Waals surface area contributed by atoms with Gasteiger partial charge in [0.1, 0.15) is 17.0 Å². The lowest BCUT2D eigenvalue weighted by molar-refractivity contribution is 0.496. The van der Waals surface area contributed by atoms with Gasteiger partial charge in [-0.3, -0.25) is 9.55 Å². The Bertz CT molecular complexity index is 2240. The summed E-state index contributed by atoms with van der Waals surface area (Å²) >= 11 is 0. The molecule has 4 heteroatoms. The molecule has 0 bridgehead atoms. The number of hydrogen-bond acceptors (Lipinski definition) is 3. The second-order valence-electron chi connectivity index (χ2n) is 15.5. The fraction of sp³-hybridized carbons (Fsp3) is 0.349. The third kappa shape index (κ3) is 4.71. The minimum Gasteiger partial charge on any atom is -0.455 e. The second kappa shape index (κ2) is 10.8. The lowest BCUT2D eigenvalue weighted by atomic mass is 9.72. The van der Waals surface area contributed by atoms with Crippen molar-refractivity contribution in [2.45, 2.75) is 91.4 Å². The third-order valence-corrected chi connectivity index (χ3v) is 10.5. The van der Waals surface area contributed by atoms with Gasteiger partial charge in [0.2, 0.25) is 0 Å². The lowest BCUT2D eigenvalue weighted by Gasteiger charge is -2.32. The summed E-state index contributed by atoms with van der Waals surface area (Å²) in [5.41, 5.74) is 13.8. The van der Waals surface area contributed by atoms with E-state index in [1.54, 1.807) is 0 Å². The monoisotopic (exact) mass is 619 g/mol. The molecule has 8 rings (SSSR count). The molecule has 47 heavy (non-hydrogen) atoms. The van der Waals surface area contributed by atoms with E-state index in [9.17, 15) is 0 Å². The standard InChI is InChI=1S/C43H45N3O/c1-24(2)29-11-9-12-30(25(3)4)38(29)46-39-36(19-20-44-41(39)43(6,7)8)45-42(46)33-14-10-13-32-35-22-28-17-16-27-21-26(5)15-18-31(27)34(28)23-37(35)47-40(32)33/h9-15,18-25,27,31H,16-17H2,1-8H3. The van der Waals surface area contributed by atoms with Gasteiger partial charge in [0.15, 0.2) is 0 Å². The van der Waals surface area contributed by atoms with Gasteiger partial charge >= 0.3 is 0 Å². The highest BCUT2D eigenvalue weighted by atomic mass is 16.3. The Morgan fingerprint density at radius 2 is 1.66 bits per heavy atom. The molecule has 6 aromatic rings. The summed E-state index contributed by atoms with van der Waals surface area (Å²) in [4.78, 5) is 10.4. The number of imidazole rings is 1. The summed E-state index contributed by atoms with van der Waals surface area (Å²) in [6.07, 6.45) is 11.3. The van der Waals surface area contributed by atoms with Crippen molar-refractivity contribution >= 4 is 33.0 Å². The third-order valence-electron chi connectivity index (χ3n) is 10.5. The molecule has 3 heterocycles. The quantitative estimate of drug-likeness (QED) is 0.197. The van der Waals surface area contributed by atoms with Crippen molar-refractivity contribution in [3.63, 3.8) is 0 Å². The van der Waals surface area contributed by atoms with Crippen molar-refractivity contribution in [3.05, 3.63) is 113 Å². The molecule has 2 atom stereocenters. The van der Waals surface area contributed by atoms with Crippen LogP contribution in [-0.4, -0.2) is 14.5 Å². The van der Waals surface area contributed by atoms with Crippen molar-refractivity contribution in [2.75, 3.05) is 0 Å². The Morgan fingerprint density at radius 3 is 2.38 bits per heavy atom. The molecule has 0 aliphatic heterocycles. The van der Waals surface area contributed by atoms with Crippen molar-refractivity contribution in [1.82, 2.24) is 14.5 Å². The van der Waals surface area contributed by atoms with E-state index in [0.717, 1.165) is 51.1 Å². The van der Waals surface area contributed by atoms with Gasteiger partial charge in [-0.25, -0.2) is 4.98 Å². The van der Waals surface area contributed by atoms with Gasteiger partial charge in [-0.1, -0.05) is 103 Å². The second-order valence-corrected chi connectivity index (χ2v) is 15.5. The molecule has 2 aliphatic carbocycles. The van der Waals surface area contributed by atoms with Gasteiger partial charge in [-0.2, -0.15) is 0 Å². The lowest BCUT2D eigenvalue weighted by Crippen LogP contribution is -2.19. The highest BCUT2D eigenvalue weighted by molar-refractivity contribution is 6.10. The van der Waals surface area contributed by atoms with Gasteiger partial charge < -0.3 is 4.42 Å². The Labute approximate surface area is 278 Å². The number of allylic oxidation sites excluding steroid dienone is 4. The molecule has 0 N–H and O–H groups in total. The number of para-hydroxylation sites is 2. The first-order chi connectivity index (χ1) is 22.5. The highest BCUT2D eigenvalue weighted by Crippen LogP contribution is 2.46. The van der Waals surface area contributed by atoms with Crippen LogP contribution in [0.3, 0.4) is 0 Å². The van der Waals surface area contributed by atoms with Crippen LogP contribution in [0, 0.1) is 5.92 Å². The average molecular weight is 620 g/mol. The number of pyridine rings is 1. The first-order valence-electron chi connectivity index (χ1n) is 17.4. The molecule has 0 spiro atoms. The Hall–Kier alpha value is -4.44. The number of hydrogen-bond donors (Lipinski definition) is 0. The molecular weight excluding hydrogens is 574 g/mol. The number of nitrogens with zero attached hydrogens (tertiary/aromatic N) is 3. The minimum absolute atomic E-state index is 0.178. The van der Waals surface area contributed by atoms with Crippen LogP contribution >= 0.6 is 0 Å². The molecular formula is C43H45N3O. The van der Waals surface area contributed by atoms with E-state index in [4.69, 9.17) is 14.4 Å². The van der Waals surface area contributed by atoms with Crippen LogP contribution in [0.1, 0.15) is 108 Å². The zero-order chi connectivity index (χ0) is 32.8. The summed E-state index contributed by atoms with van der Waals surface area (Å²) < 4.78 is 9.36. The van der Waals surface area contributed by atoms with E-state index < -0.39 is 0 Å². The van der Waals surface area contributed by atoms with Gasteiger partial charge in [-0.05, 0) is 84.0 Å². The molecule has 2 aliphatic rings. The van der Waals surface area contributed by atoms with E-state index in [1.165, 1.54) is 45.3 Å². The van der Waals surface area contributed by atoms with Crippen LogP contribution < -0.4 is 0 Å². The molecule has 2 unspecified atom stereocenters. The Balaban J connectivity index is 1.44. The molecule has 238 valence electrons. The van der Waals surface area contributed by atoms with Gasteiger partial charge in [0, 0.05) is 28.3 Å². The average Bonchev–Trinajstić information content (AvgIpc) is 3.60. The predicted octanol–water partition coefficient (Wildman–Crippen LogP) is 11.7. The van der Waals surface area contributed by atoms with Crippen LogP contribution in [0.5, 0.6) is 0 Å². The minimum atomic E-state index is -0.178. The molecule has 0 fully saturated rings. The van der Waals surface area contributed by atoms with E-state index in [0.29, 0.717) is 23.7 Å².